The van der Waals surface area contributed by atoms with Crippen molar-refractivity contribution in [3.63, 3.8) is 0 Å². The predicted molar refractivity (Wildman–Crippen MR) is 77.5 cm³/mol. The number of rotatable bonds is 1. The number of aromatic amines is 1. The number of hydrogen-bond donors (Lipinski definition) is 0. The van der Waals surface area contributed by atoms with Crippen molar-refractivity contribution >= 4 is 16.7 Å². The summed E-state index contributed by atoms with van der Waals surface area (Å²) in [5, 5.41) is 1.29. The third kappa shape index (κ3) is 2.43. The molecule has 3 nitrogen and oxygen atoms in total. The molecular weight excluding hydrogens is 236 g/mol. The van der Waals surface area contributed by atoms with E-state index in [0.29, 0.717) is 0 Å². The Kier molecular flexibility index (Phi) is 3.15. The quantitative estimate of drug-likeness (QED) is 0.785. The molecular formula is C16H21N2O+. The maximum Gasteiger partial charge on any atom is 0.275 e. The average molecular weight is 257 g/mol. The Morgan fingerprint density at radius 1 is 1.16 bits per heavy atom. The standard InChI is InChI=1S/C16H20N2O/c1-11-8-16(17-15-7-5-4-6-14(11)15)18-9-12(2)19-13(3)10-18/h4-8,12-13H,9-10H2,1-3H3/p+1/t12-,13-/m1/s1. The monoisotopic (exact) mass is 257 g/mol. The van der Waals surface area contributed by atoms with Crippen molar-refractivity contribution in [3.8, 4) is 0 Å². The summed E-state index contributed by atoms with van der Waals surface area (Å²) in [6, 6.07) is 10.7. The molecule has 0 bridgehead atoms. The summed E-state index contributed by atoms with van der Waals surface area (Å²) in [4.78, 5) is 5.94. The van der Waals surface area contributed by atoms with Crippen molar-refractivity contribution in [2.75, 3.05) is 18.0 Å². The molecule has 2 heterocycles. The van der Waals surface area contributed by atoms with Crippen LogP contribution in [0.15, 0.2) is 30.3 Å². The first-order valence-electron chi connectivity index (χ1n) is 6.95. The molecule has 0 saturated carbocycles. The number of para-hydroxylation sites is 1. The Morgan fingerprint density at radius 2 is 1.84 bits per heavy atom. The van der Waals surface area contributed by atoms with Crippen LogP contribution in [0.3, 0.4) is 0 Å². The molecule has 0 aliphatic carbocycles. The Balaban J connectivity index is 2.00. The lowest BCUT2D eigenvalue weighted by atomic mass is 10.1. The highest BCUT2D eigenvalue weighted by atomic mass is 16.5. The fraction of sp³-hybridized carbons (Fsp3) is 0.438. The number of morpholine rings is 1. The number of aromatic nitrogens is 1. The number of H-pyrrole nitrogens is 1. The molecule has 2 atom stereocenters. The average Bonchev–Trinajstić information content (AvgIpc) is 2.37. The second-order valence-corrected chi connectivity index (χ2v) is 5.55. The van der Waals surface area contributed by atoms with Crippen LogP contribution in [0.25, 0.3) is 10.9 Å². The van der Waals surface area contributed by atoms with Crippen LogP contribution >= 0.6 is 0 Å². The Hall–Kier alpha value is -1.61. The van der Waals surface area contributed by atoms with Gasteiger partial charge in [0.2, 0.25) is 0 Å². The predicted octanol–water partition coefficient (Wildman–Crippen LogP) is 2.58. The van der Waals surface area contributed by atoms with Gasteiger partial charge in [-0.1, -0.05) is 18.2 Å². The Bertz CT molecular complexity index is 586. The lowest BCUT2D eigenvalue weighted by Gasteiger charge is -2.31. The molecule has 0 unspecified atom stereocenters. The lowest BCUT2D eigenvalue weighted by Crippen LogP contribution is -2.47. The smallest absolute Gasteiger partial charge is 0.275 e. The van der Waals surface area contributed by atoms with Gasteiger partial charge in [-0.25, -0.2) is 4.98 Å². The van der Waals surface area contributed by atoms with Crippen molar-refractivity contribution in [2.45, 2.75) is 33.0 Å². The third-order valence-corrected chi connectivity index (χ3v) is 3.73. The summed E-state index contributed by atoms with van der Waals surface area (Å²) in [6.07, 6.45) is 0.563. The third-order valence-electron chi connectivity index (χ3n) is 3.73. The van der Waals surface area contributed by atoms with Gasteiger partial charge < -0.3 is 4.74 Å². The van der Waals surface area contributed by atoms with E-state index in [4.69, 9.17) is 4.74 Å². The molecule has 2 aromatic rings. The van der Waals surface area contributed by atoms with Crippen molar-refractivity contribution < 1.29 is 9.72 Å². The van der Waals surface area contributed by atoms with Crippen LogP contribution in [-0.2, 0) is 4.74 Å². The number of anilines is 1. The number of nitrogens with one attached hydrogen (secondary N) is 1. The van der Waals surface area contributed by atoms with Crippen LogP contribution in [0.5, 0.6) is 0 Å². The van der Waals surface area contributed by atoms with Crippen molar-refractivity contribution in [3.05, 3.63) is 35.9 Å². The highest BCUT2D eigenvalue weighted by molar-refractivity contribution is 5.80. The van der Waals surface area contributed by atoms with Gasteiger partial charge in [-0.15, -0.1) is 0 Å². The minimum atomic E-state index is 0.281. The molecule has 0 spiro atoms. The molecule has 3 rings (SSSR count). The molecule has 19 heavy (non-hydrogen) atoms. The van der Waals surface area contributed by atoms with Crippen LogP contribution in [0.1, 0.15) is 19.4 Å². The van der Waals surface area contributed by atoms with Crippen LogP contribution in [0.4, 0.5) is 5.82 Å². The molecule has 0 amide bonds. The molecule has 1 aliphatic rings. The summed E-state index contributed by atoms with van der Waals surface area (Å²) in [6.45, 7) is 8.33. The lowest BCUT2D eigenvalue weighted by molar-refractivity contribution is -0.331. The molecule has 0 radical (unpaired) electrons. The second kappa shape index (κ2) is 4.82. The minimum Gasteiger partial charge on any atom is -0.367 e. The van der Waals surface area contributed by atoms with Gasteiger partial charge in [-0.2, -0.15) is 0 Å². The number of nitrogens with zero attached hydrogens (tertiary/aromatic N) is 1. The van der Waals surface area contributed by atoms with E-state index < -0.39 is 0 Å². The molecule has 1 aliphatic heterocycles. The van der Waals surface area contributed by atoms with Gasteiger partial charge in [0.15, 0.2) is 0 Å². The SMILES string of the molecule is Cc1cc(N2C[C@@H](C)O[C@H](C)C2)[nH+]c2ccccc12. The maximum absolute atomic E-state index is 5.80. The van der Waals surface area contributed by atoms with Gasteiger partial charge in [0, 0.05) is 11.5 Å². The summed E-state index contributed by atoms with van der Waals surface area (Å²) >= 11 is 0. The molecule has 1 fully saturated rings. The largest absolute Gasteiger partial charge is 0.367 e. The number of ether oxygens (including phenoxy) is 1. The van der Waals surface area contributed by atoms with Crippen molar-refractivity contribution in [1.82, 2.24) is 0 Å². The van der Waals surface area contributed by atoms with Crippen LogP contribution in [0.2, 0.25) is 0 Å². The zero-order chi connectivity index (χ0) is 13.4. The van der Waals surface area contributed by atoms with Crippen molar-refractivity contribution in [1.29, 1.82) is 0 Å². The highest BCUT2D eigenvalue weighted by Crippen LogP contribution is 2.21. The first-order chi connectivity index (χ1) is 9.13. The van der Waals surface area contributed by atoms with Gasteiger partial charge in [0.25, 0.3) is 5.82 Å². The number of fused-ring (bicyclic) bond motifs is 1. The van der Waals surface area contributed by atoms with Gasteiger partial charge in [-0.3, -0.25) is 4.90 Å². The number of hydrogen-bond acceptors (Lipinski definition) is 2. The normalized spacial score (nSPS) is 23.8. The maximum atomic E-state index is 5.80. The summed E-state index contributed by atoms with van der Waals surface area (Å²) in [7, 11) is 0. The summed E-state index contributed by atoms with van der Waals surface area (Å²) in [5.41, 5.74) is 2.51. The fourth-order valence-corrected chi connectivity index (χ4v) is 2.94. The first kappa shape index (κ1) is 12.4. The number of aryl methyl sites for hydroxylation is 1. The zero-order valence-electron chi connectivity index (χ0n) is 11.8. The number of pyridine rings is 1. The van der Waals surface area contributed by atoms with E-state index in [-0.39, 0.29) is 12.2 Å². The topological polar surface area (TPSA) is 26.6 Å². The van der Waals surface area contributed by atoms with Crippen LogP contribution in [-0.4, -0.2) is 25.3 Å². The van der Waals surface area contributed by atoms with E-state index in [0.717, 1.165) is 13.1 Å². The molecule has 1 N–H and O–H groups in total. The van der Waals surface area contributed by atoms with Crippen molar-refractivity contribution in [2.24, 2.45) is 0 Å². The molecule has 1 aromatic carbocycles. The Labute approximate surface area is 114 Å². The van der Waals surface area contributed by atoms with Gasteiger partial charge in [0.1, 0.15) is 18.6 Å². The van der Waals surface area contributed by atoms with Gasteiger partial charge in [0.05, 0.1) is 12.2 Å². The molecule has 3 heteroatoms. The first-order valence-corrected chi connectivity index (χ1v) is 6.95. The fourth-order valence-electron chi connectivity index (χ4n) is 2.94. The summed E-state index contributed by atoms with van der Waals surface area (Å²) < 4.78 is 5.80. The molecule has 1 aromatic heterocycles. The molecule has 1 saturated heterocycles. The minimum absolute atomic E-state index is 0.281. The van der Waals surface area contributed by atoms with E-state index in [9.17, 15) is 0 Å². The highest BCUT2D eigenvalue weighted by Gasteiger charge is 2.28. The van der Waals surface area contributed by atoms with Crippen LogP contribution in [0, 0.1) is 6.92 Å². The summed E-state index contributed by atoms with van der Waals surface area (Å²) in [5.74, 6) is 1.19. The van der Waals surface area contributed by atoms with Crippen LogP contribution < -0.4 is 9.88 Å². The number of benzene rings is 1. The van der Waals surface area contributed by atoms with E-state index in [1.54, 1.807) is 0 Å². The van der Waals surface area contributed by atoms with E-state index in [2.05, 4.69) is 61.0 Å². The van der Waals surface area contributed by atoms with E-state index >= 15 is 0 Å². The molecule has 100 valence electrons. The second-order valence-electron chi connectivity index (χ2n) is 5.55. The van der Waals surface area contributed by atoms with E-state index in [1.807, 2.05) is 0 Å². The zero-order valence-corrected chi connectivity index (χ0v) is 11.8. The Morgan fingerprint density at radius 3 is 2.58 bits per heavy atom. The van der Waals surface area contributed by atoms with Gasteiger partial charge >= 0.3 is 0 Å². The van der Waals surface area contributed by atoms with E-state index in [1.165, 1.54) is 22.3 Å². The van der Waals surface area contributed by atoms with Gasteiger partial charge in [-0.05, 0) is 32.4 Å².